The minimum Gasteiger partial charge on any atom is -0.313 e. The van der Waals surface area contributed by atoms with Crippen molar-refractivity contribution in [2.75, 3.05) is 7.05 Å². The summed E-state index contributed by atoms with van der Waals surface area (Å²) < 4.78 is 1.73. The first-order valence-electron chi connectivity index (χ1n) is 6.64. The zero-order valence-electron chi connectivity index (χ0n) is 11.6. The highest BCUT2D eigenvalue weighted by Crippen LogP contribution is 2.24. The summed E-state index contributed by atoms with van der Waals surface area (Å²) in [5, 5.41) is 12.7. The molecule has 2 heterocycles. The summed E-state index contributed by atoms with van der Waals surface area (Å²) in [6.45, 7) is 0. The van der Waals surface area contributed by atoms with E-state index in [9.17, 15) is 0 Å². The van der Waals surface area contributed by atoms with Gasteiger partial charge >= 0.3 is 0 Å². The lowest BCUT2D eigenvalue weighted by Gasteiger charge is -2.17. The summed E-state index contributed by atoms with van der Waals surface area (Å²) in [4.78, 5) is 4.41. The molecule has 1 N–H and O–H groups in total. The Morgan fingerprint density at radius 3 is 2.85 bits per heavy atom. The maximum atomic E-state index is 4.41. The molecule has 0 aliphatic carbocycles. The number of hydrogen-bond acceptors (Lipinski definition) is 4. The van der Waals surface area contributed by atoms with E-state index in [1.165, 1.54) is 10.9 Å². The molecule has 0 spiro atoms. The summed E-state index contributed by atoms with van der Waals surface area (Å²) in [5.41, 5.74) is 3.24. The van der Waals surface area contributed by atoms with Crippen molar-refractivity contribution in [3.8, 4) is 0 Å². The largest absolute Gasteiger partial charge is 0.313 e. The van der Waals surface area contributed by atoms with E-state index in [4.69, 9.17) is 0 Å². The third-order valence-corrected chi connectivity index (χ3v) is 3.47. The first-order chi connectivity index (χ1) is 9.78. The Bertz CT molecular complexity index is 714. The minimum absolute atomic E-state index is 0.194. The number of pyridine rings is 1. The Morgan fingerprint density at radius 1 is 1.25 bits per heavy atom. The topological polar surface area (TPSA) is 55.6 Å². The van der Waals surface area contributed by atoms with Crippen molar-refractivity contribution in [1.82, 2.24) is 25.3 Å². The van der Waals surface area contributed by atoms with Crippen LogP contribution in [0.2, 0.25) is 0 Å². The van der Waals surface area contributed by atoms with E-state index in [-0.39, 0.29) is 6.04 Å². The molecule has 5 heteroatoms. The summed E-state index contributed by atoms with van der Waals surface area (Å²) in [5.74, 6) is 0. The van der Waals surface area contributed by atoms with Crippen molar-refractivity contribution < 1.29 is 0 Å². The van der Waals surface area contributed by atoms with E-state index in [2.05, 4.69) is 32.7 Å². The lowest BCUT2D eigenvalue weighted by molar-refractivity contribution is 0.587. The number of aromatic nitrogens is 4. The maximum absolute atomic E-state index is 4.41. The molecule has 5 nitrogen and oxygen atoms in total. The number of nitrogens with zero attached hydrogens (tertiary/aromatic N) is 4. The second-order valence-corrected chi connectivity index (χ2v) is 4.85. The summed E-state index contributed by atoms with van der Waals surface area (Å²) in [6.07, 6.45) is 4.62. The van der Waals surface area contributed by atoms with Gasteiger partial charge in [-0.25, -0.2) is 0 Å². The molecule has 1 unspecified atom stereocenters. The van der Waals surface area contributed by atoms with Crippen molar-refractivity contribution >= 4 is 10.9 Å². The number of rotatable bonds is 4. The highest BCUT2D eigenvalue weighted by Gasteiger charge is 2.15. The molecule has 0 bridgehead atoms. The van der Waals surface area contributed by atoms with Crippen LogP contribution < -0.4 is 5.32 Å². The Morgan fingerprint density at radius 2 is 2.10 bits per heavy atom. The van der Waals surface area contributed by atoms with E-state index in [1.807, 2.05) is 44.7 Å². The van der Waals surface area contributed by atoms with Crippen LogP contribution >= 0.6 is 0 Å². The van der Waals surface area contributed by atoms with Gasteiger partial charge in [-0.2, -0.15) is 0 Å². The van der Waals surface area contributed by atoms with Gasteiger partial charge in [-0.1, -0.05) is 23.4 Å². The molecule has 3 aromatic rings. The molecule has 0 fully saturated rings. The van der Waals surface area contributed by atoms with Gasteiger partial charge in [-0.15, -0.1) is 5.10 Å². The fourth-order valence-electron chi connectivity index (χ4n) is 2.49. The second-order valence-electron chi connectivity index (χ2n) is 4.85. The molecule has 0 aliphatic rings. The van der Waals surface area contributed by atoms with Crippen molar-refractivity contribution in [3.63, 3.8) is 0 Å². The molecular formula is C15H17N5. The standard InChI is InChI=1S/C15H17N5/c1-16-15(9-11-10-20(2)19-18-11)13-7-8-17-14-6-4-3-5-12(13)14/h3-8,10,15-16H,9H2,1-2H3. The molecule has 0 saturated heterocycles. The van der Waals surface area contributed by atoms with Crippen LogP contribution in [0.25, 0.3) is 10.9 Å². The Labute approximate surface area is 117 Å². The molecule has 2 aromatic heterocycles. The van der Waals surface area contributed by atoms with E-state index in [1.54, 1.807) is 4.68 Å². The summed E-state index contributed by atoms with van der Waals surface area (Å²) >= 11 is 0. The second kappa shape index (κ2) is 5.38. The van der Waals surface area contributed by atoms with Crippen LogP contribution in [0, 0.1) is 0 Å². The van der Waals surface area contributed by atoms with E-state index in [0.717, 1.165) is 17.6 Å². The van der Waals surface area contributed by atoms with Gasteiger partial charge in [0.2, 0.25) is 0 Å². The minimum atomic E-state index is 0.194. The number of nitrogens with one attached hydrogen (secondary N) is 1. The molecule has 0 radical (unpaired) electrons. The van der Waals surface area contributed by atoms with E-state index in [0.29, 0.717) is 0 Å². The van der Waals surface area contributed by atoms with Crippen LogP contribution in [0.3, 0.4) is 0 Å². The normalized spacial score (nSPS) is 12.7. The third-order valence-electron chi connectivity index (χ3n) is 3.47. The lowest BCUT2D eigenvalue weighted by atomic mass is 9.98. The van der Waals surface area contributed by atoms with Gasteiger partial charge in [-0.3, -0.25) is 9.67 Å². The zero-order chi connectivity index (χ0) is 13.9. The molecule has 20 heavy (non-hydrogen) atoms. The first-order valence-corrected chi connectivity index (χ1v) is 6.64. The molecule has 102 valence electrons. The average Bonchev–Trinajstić information content (AvgIpc) is 2.89. The number of fused-ring (bicyclic) bond motifs is 1. The van der Waals surface area contributed by atoms with Crippen LogP contribution in [0.4, 0.5) is 0 Å². The summed E-state index contributed by atoms with van der Waals surface area (Å²) in [6, 6.07) is 10.5. The fourth-order valence-corrected chi connectivity index (χ4v) is 2.49. The molecule has 0 aliphatic heterocycles. The lowest BCUT2D eigenvalue weighted by Crippen LogP contribution is -2.19. The van der Waals surface area contributed by atoms with E-state index >= 15 is 0 Å². The Hall–Kier alpha value is -2.27. The zero-order valence-corrected chi connectivity index (χ0v) is 11.6. The maximum Gasteiger partial charge on any atom is 0.0845 e. The number of aryl methyl sites for hydroxylation is 1. The van der Waals surface area contributed by atoms with Crippen LogP contribution in [0.15, 0.2) is 42.7 Å². The molecule has 0 saturated carbocycles. The van der Waals surface area contributed by atoms with Crippen LogP contribution in [-0.4, -0.2) is 27.0 Å². The predicted molar refractivity (Wildman–Crippen MR) is 78.3 cm³/mol. The van der Waals surface area contributed by atoms with Crippen molar-refractivity contribution in [1.29, 1.82) is 0 Å². The van der Waals surface area contributed by atoms with Gasteiger partial charge < -0.3 is 5.32 Å². The van der Waals surface area contributed by atoms with E-state index < -0.39 is 0 Å². The molecule has 0 amide bonds. The Balaban J connectivity index is 1.98. The monoisotopic (exact) mass is 267 g/mol. The first kappa shape index (κ1) is 12.7. The number of likely N-dealkylation sites (N-methyl/N-ethyl adjacent to an activating group) is 1. The third kappa shape index (κ3) is 2.40. The highest BCUT2D eigenvalue weighted by atomic mass is 15.4. The van der Waals surface area contributed by atoms with Crippen LogP contribution in [0.1, 0.15) is 17.3 Å². The smallest absolute Gasteiger partial charge is 0.0845 e. The number of hydrogen-bond donors (Lipinski definition) is 1. The number of benzene rings is 1. The van der Waals surface area contributed by atoms with Crippen LogP contribution in [0.5, 0.6) is 0 Å². The van der Waals surface area contributed by atoms with Crippen molar-refractivity contribution in [2.24, 2.45) is 7.05 Å². The van der Waals surface area contributed by atoms with Gasteiger partial charge in [0, 0.05) is 37.3 Å². The Kier molecular flexibility index (Phi) is 3.43. The van der Waals surface area contributed by atoms with Crippen molar-refractivity contribution in [3.05, 3.63) is 54.0 Å². The van der Waals surface area contributed by atoms with Crippen LogP contribution in [-0.2, 0) is 13.5 Å². The van der Waals surface area contributed by atoms with Gasteiger partial charge in [0.1, 0.15) is 0 Å². The van der Waals surface area contributed by atoms with Crippen molar-refractivity contribution in [2.45, 2.75) is 12.5 Å². The highest BCUT2D eigenvalue weighted by molar-refractivity contribution is 5.82. The quantitative estimate of drug-likeness (QED) is 0.784. The van der Waals surface area contributed by atoms with Gasteiger partial charge in [0.15, 0.2) is 0 Å². The van der Waals surface area contributed by atoms with Gasteiger partial charge in [0.05, 0.1) is 11.2 Å². The molecule has 3 rings (SSSR count). The molecule has 1 aromatic carbocycles. The molecular weight excluding hydrogens is 250 g/mol. The number of para-hydroxylation sites is 1. The predicted octanol–water partition coefficient (Wildman–Crippen LogP) is 1.87. The summed E-state index contributed by atoms with van der Waals surface area (Å²) in [7, 11) is 3.85. The average molecular weight is 267 g/mol. The van der Waals surface area contributed by atoms with Gasteiger partial charge in [-0.05, 0) is 24.7 Å². The SMILES string of the molecule is CNC(Cc1cn(C)nn1)c1ccnc2ccccc12. The fraction of sp³-hybridized carbons (Fsp3) is 0.267. The molecule has 1 atom stereocenters. The van der Waals surface area contributed by atoms with Gasteiger partial charge in [0.25, 0.3) is 0 Å².